The quantitative estimate of drug-likeness (QED) is 0.0470. The van der Waals surface area contributed by atoms with Gasteiger partial charge in [0.25, 0.3) is 0 Å². The van der Waals surface area contributed by atoms with E-state index < -0.39 is 141 Å². The molecule has 2 rings (SSSR count). The highest BCUT2D eigenvalue weighted by Gasteiger charge is 2.33. The molecule has 24 nitrogen and oxygen atoms in total. The van der Waals surface area contributed by atoms with Crippen molar-refractivity contribution in [2.24, 2.45) is 5.73 Å². The standard InChI is InChI=1S/C34H47N9O15/c1-15(29(52)42-23(14-44)34(57)58)39-24(46)12-38-31(54)21(7-8-26(48)49)40-32(55)22(9-17-11-36-20-6-4-3-5-18(17)20)41-33(56)28(16(2)45)43-25(47)13-37-30(53)19(35)10-27(50)51/h3-6,11,15-16,19,21-23,28,36,44-45H,7-10,12-14,35H2,1-2H3,(H,37,53)(H,38,54)(H,39,46)(H,40,55)(H,41,56)(H,42,52)(H,43,47)(H,48,49)(H,50,51)(H,57,58)/t15-,16+,19-,21-,22-,23-,28-/m0/s1. The van der Waals surface area contributed by atoms with Crippen LogP contribution < -0.4 is 43.0 Å². The molecule has 0 unspecified atom stereocenters. The number of aromatic nitrogens is 1. The predicted molar refractivity (Wildman–Crippen MR) is 197 cm³/mol. The third-order valence-electron chi connectivity index (χ3n) is 8.24. The minimum atomic E-state index is -1.73. The summed E-state index contributed by atoms with van der Waals surface area (Å²) in [6.07, 6.45) is -2.19. The van der Waals surface area contributed by atoms with Gasteiger partial charge in [-0.15, -0.1) is 0 Å². The topological polar surface area (TPSA) is 398 Å². The zero-order valence-corrected chi connectivity index (χ0v) is 31.3. The normalized spacial score (nSPS) is 14.5. The van der Waals surface area contributed by atoms with Gasteiger partial charge in [0.05, 0.1) is 38.3 Å². The minimum Gasteiger partial charge on any atom is -0.481 e. The van der Waals surface area contributed by atoms with Gasteiger partial charge in [0, 0.05) is 29.9 Å². The molecule has 0 aliphatic rings. The minimum absolute atomic E-state index is 0.256. The van der Waals surface area contributed by atoms with Crippen molar-refractivity contribution in [2.45, 2.75) is 81.9 Å². The number of aliphatic carboxylic acids is 3. The molecule has 0 spiro atoms. The third kappa shape index (κ3) is 15.5. The molecule has 7 amide bonds. The van der Waals surface area contributed by atoms with Gasteiger partial charge < -0.3 is 73.5 Å². The second-order valence-corrected chi connectivity index (χ2v) is 12.9. The van der Waals surface area contributed by atoms with Gasteiger partial charge in [-0.05, 0) is 31.9 Å². The summed E-state index contributed by atoms with van der Waals surface area (Å²) < 4.78 is 0. The van der Waals surface area contributed by atoms with E-state index in [0.717, 1.165) is 6.92 Å². The maximum atomic E-state index is 13.9. The Morgan fingerprint density at radius 2 is 1.29 bits per heavy atom. The average molecular weight is 822 g/mol. The van der Waals surface area contributed by atoms with E-state index in [9.17, 15) is 58.2 Å². The van der Waals surface area contributed by atoms with Crippen LogP contribution in [0.3, 0.4) is 0 Å². The van der Waals surface area contributed by atoms with Gasteiger partial charge >= 0.3 is 17.9 Å². The summed E-state index contributed by atoms with van der Waals surface area (Å²) >= 11 is 0. The van der Waals surface area contributed by atoms with Gasteiger partial charge in [-0.25, -0.2) is 4.79 Å². The zero-order chi connectivity index (χ0) is 43.7. The Balaban J connectivity index is 2.26. The van der Waals surface area contributed by atoms with E-state index >= 15 is 0 Å². The number of hydrogen-bond acceptors (Lipinski definition) is 13. The van der Waals surface area contributed by atoms with Crippen molar-refractivity contribution < 1.29 is 73.5 Å². The van der Waals surface area contributed by atoms with Crippen LogP contribution in [0.5, 0.6) is 0 Å². The lowest BCUT2D eigenvalue weighted by Gasteiger charge is -2.26. The predicted octanol–water partition coefficient (Wildman–Crippen LogP) is -5.49. The summed E-state index contributed by atoms with van der Waals surface area (Å²) in [5.74, 6) is -11.4. The number of carboxylic acid groups (broad SMARTS) is 3. The fourth-order valence-electron chi connectivity index (χ4n) is 5.14. The van der Waals surface area contributed by atoms with E-state index in [4.69, 9.17) is 21.1 Å². The molecule has 0 saturated carbocycles. The van der Waals surface area contributed by atoms with Crippen molar-refractivity contribution in [3.8, 4) is 0 Å². The molecular weight excluding hydrogens is 774 g/mol. The zero-order valence-electron chi connectivity index (χ0n) is 31.3. The van der Waals surface area contributed by atoms with Crippen molar-refractivity contribution in [3.63, 3.8) is 0 Å². The lowest BCUT2D eigenvalue weighted by Crippen LogP contribution is -2.60. The number of nitrogens with one attached hydrogen (secondary N) is 8. The molecule has 318 valence electrons. The number of H-pyrrole nitrogens is 1. The molecule has 0 bridgehead atoms. The highest BCUT2D eigenvalue weighted by atomic mass is 16.4. The number of hydrogen-bond donors (Lipinski definition) is 14. The number of carbonyl (C=O) groups is 10. The van der Waals surface area contributed by atoms with Crippen LogP contribution in [0, 0.1) is 0 Å². The summed E-state index contributed by atoms with van der Waals surface area (Å²) in [4.78, 5) is 126. The molecule has 24 heteroatoms. The number of carboxylic acids is 3. The number of para-hydroxylation sites is 1. The van der Waals surface area contributed by atoms with Gasteiger partial charge in [0.2, 0.25) is 41.4 Å². The van der Waals surface area contributed by atoms with Crippen LogP contribution in [-0.2, 0) is 54.4 Å². The van der Waals surface area contributed by atoms with E-state index in [0.29, 0.717) is 16.5 Å². The number of fused-ring (bicyclic) bond motifs is 1. The number of benzene rings is 1. The lowest BCUT2D eigenvalue weighted by atomic mass is 10.0. The smallest absolute Gasteiger partial charge is 0.328 e. The van der Waals surface area contributed by atoms with E-state index in [2.05, 4.69) is 36.9 Å². The molecule has 15 N–H and O–H groups in total. The van der Waals surface area contributed by atoms with E-state index in [1.54, 1.807) is 30.5 Å². The summed E-state index contributed by atoms with van der Waals surface area (Å²) in [5.41, 5.74) is 6.61. The Kier molecular flexibility index (Phi) is 18.7. The van der Waals surface area contributed by atoms with Gasteiger partial charge in [0.15, 0.2) is 0 Å². The highest BCUT2D eigenvalue weighted by Crippen LogP contribution is 2.19. The largest absolute Gasteiger partial charge is 0.481 e. The third-order valence-corrected chi connectivity index (χ3v) is 8.24. The highest BCUT2D eigenvalue weighted by molar-refractivity contribution is 5.97. The SMILES string of the molecule is C[C@H](NC(=O)CNC(=O)[C@H](CCC(=O)O)NC(=O)[C@H](Cc1c[nH]c2ccccc12)NC(=O)[C@@H](NC(=O)CNC(=O)[C@@H](N)CC(=O)O)[C@@H](C)O)C(=O)N[C@@H](CO)C(=O)O. The Morgan fingerprint density at radius 3 is 1.88 bits per heavy atom. The number of amides is 7. The van der Waals surface area contributed by atoms with Crippen molar-refractivity contribution in [1.29, 1.82) is 0 Å². The van der Waals surface area contributed by atoms with Crippen molar-refractivity contribution in [1.82, 2.24) is 42.2 Å². The molecule has 2 aromatic rings. The van der Waals surface area contributed by atoms with Crippen LogP contribution in [0.15, 0.2) is 30.5 Å². The fourth-order valence-corrected chi connectivity index (χ4v) is 5.14. The lowest BCUT2D eigenvalue weighted by molar-refractivity contribution is -0.143. The Morgan fingerprint density at radius 1 is 0.707 bits per heavy atom. The molecule has 0 aliphatic heterocycles. The number of aromatic amines is 1. The molecule has 0 fully saturated rings. The molecule has 0 radical (unpaired) electrons. The van der Waals surface area contributed by atoms with Crippen LogP contribution in [-0.4, -0.2) is 152 Å². The summed E-state index contributed by atoms with van der Waals surface area (Å²) in [6, 6.07) is -2.49. The van der Waals surface area contributed by atoms with Gasteiger partial charge in [0.1, 0.15) is 30.2 Å². The van der Waals surface area contributed by atoms with Gasteiger partial charge in [-0.2, -0.15) is 0 Å². The fraction of sp³-hybridized carbons (Fsp3) is 0.471. The molecule has 58 heavy (non-hydrogen) atoms. The second kappa shape index (κ2) is 22.8. The van der Waals surface area contributed by atoms with Crippen molar-refractivity contribution >= 4 is 70.2 Å². The Hall–Kier alpha value is -6.66. The van der Waals surface area contributed by atoms with Gasteiger partial charge in [-0.3, -0.25) is 43.2 Å². The van der Waals surface area contributed by atoms with Crippen LogP contribution in [0.25, 0.3) is 10.9 Å². The first-order chi connectivity index (χ1) is 27.2. The summed E-state index contributed by atoms with van der Waals surface area (Å²) in [7, 11) is 0. The van der Waals surface area contributed by atoms with Crippen molar-refractivity contribution in [2.75, 3.05) is 19.7 Å². The number of aliphatic hydroxyl groups excluding tert-OH is 2. The van der Waals surface area contributed by atoms with Crippen molar-refractivity contribution in [3.05, 3.63) is 36.0 Å². The first-order valence-electron chi connectivity index (χ1n) is 17.5. The first-order valence-corrected chi connectivity index (χ1v) is 17.5. The second-order valence-electron chi connectivity index (χ2n) is 12.9. The molecule has 1 heterocycles. The number of rotatable bonds is 24. The molecule has 1 aromatic carbocycles. The summed E-state index contributed by atoms with van der Waals surface area (Å²) in [5, 5.41) is 62.7. The Labute approximate surface area is 329 Å². The van der Waals surface area contributed by atoms with Crippen LogP contribution in [0.4, 0.5) is 0 Å². The van der Waals surface area contributed by atoms with E-state index in [1.165, 1.54) is 6.92 Å². The van der Waals surface area contributed by atoms with Gasteiger partial charge in [-0.1, -0.05) is 18.2 Å². The van der Waals surface area contributed by atoms with Crippen LogP contribution in [0.1, 0.15) is 38.7 Å². The number of aliphatic hydroxyl groups is 2. The molecule has 1 aromatic heterocycles. The van der Waals surface area contributed by atoms with E-state index in [1.807, 2.05) is 5.32 Å². The summed E-state index contributed by atoms with van der Waals surface area (Å²) in [6.45, 7) is -0.175. The monoisotopic (exact) mass is 821 g/mol. The maximum Gasteiger partial charge on any atom is 0.328 e. The van der Waals surface area contributed by atoms with E-state index in [-0.39, 0.29) is 6.42 Å². The molecule has 0 aliphatic carbocycles. The number of carbonyl (C=O) groups excluding carboxylic acids is 7. The molecule has 7 atom stereocenters. The molecule has 0 saturated heterocycles. The van der Waals surface area contributed by atoms with Crippen LogP contribution in [0.2, 0.25) is 0 Å². The molecular formula is C34H47N9O15. The number of nitrogens with two attached hydrogens (primary N) is 1. The van der Waals surface area contributed by atoms with Crippen LogP contribution >= 0.6 is 0 Å². The maximum absolute atomic E-state index is 13.9. The average Bonchev–Trinajstić information content (AvgIpc) is 3.56. The first kappa shape index (κ1) is 47.5. The Bertz CT molecular complexity index is 1850.